The van der Waals surface area contributed by atoms with Crippen LogP contribution in [0.4, 0.5) is 0 Å². The van der Waals surface area contributed by atoms with E-state index in [0.717, 1.165) is 31.4 Å². The van der Waals surface area contributed by atoms with Crippen molar-refractivity contribution in [3.63, 3.8) is 0 Å². The molecule has 1 aliphatic carbocycles. The number of fused-ring (bicyclic) bond motifs is 1. The van der Waals surface area contributed by atoms with Crippen molar-refractivity contribution in [2.24, 2.45) is 11.8 Å². The first-order chi connectivity index (χ1) is 16.4. The highest BCUT2D eigenvalue weighted by atomic mass is 35.5. The van der Waals surface area contributed by atoms with Crippen LogP contribution >= 0.6 is 11.6 Å². The molecule has 1 aromatic carbocycles. The van der Waals surface area contributed by atoms with E-state index in [-0.39, 0.29) is 36.7 Å². The van der Waals surface area contributed by atoms with Crippen LogP contribution in [0.3, 0.4) is 0 Å². The van der Waals surface area contributed by atoms with Crippen LogP contribution < -0.4 is 5.32 Å². The number of nitrogens with one attached hydrogen (secondary N) is 1. The summed E-state index contributed by atoms with van der Waals surface area (Å²) in [7, 11) is 0. The Morgan fingerprint density at radius 3 is 2.74 bits per heavy atom. The van der Waals surface area contributed by atoms with Crippen molar-refractivity contribution < 1.29 is 19.1 Å². The van der Waals surface area contributed by atoms with Crippen molar-refractivity contribution in [1.29, 1.82) is 0 Å². The predicted molar refractivity (Wildman–Crippen MR) is 126 cm³/mol. The van der Waals surface area contributed by atoms with Crippen LogP contribution in [0.2, 0.25) is 0 Å². The van der Waals surface area contributed by atoms with Gasteiger partial charge >= 0.3 is 0 Å². The number of likely N-dealkylation sites (tertiary alicyclic amines) is 1. The molecule has 0 radical (unpaired) electrons. The number of Topliss-reactive ketones (excluding diaryl/α,β-unsaturated/α-hetero) is 1. The fourth-order valence-electron chi connectivity index (χ4n) is 5.44. The summed E-state index contributed by atoms with van der Waals surface area (Å²) in [5, 5.41) is 6.81. The van der Waals surface area contributed by atoms with E-state index in [1.807, 2.05) is 12.1 Å². The van der Waals surface area contributed by atoms with Crippen LogP contribution in [0.5, 0.6) is 0 Å². The van der Waals surface area contributed by atoms with Crippen molar-refractivity contribution in [2.45, 2.75) is 56.2 Å². The maximum atomic E-state index is 13.8. The Hall–Kier alpha value is -2.71. The lowest BCUT2D eigenvalue weighted by Crippen LogP contribution is -2.55. The van der Waals surface area contributed by atoms with Crippen LogP contribution in [0.15, 0.2) is 42.7 Å². The number of rotatable bonds is 5. The average molecular weight is 485 g/mol. The van der Waals surface area contributed by atoms with E-state index in [9.17, 15) is 14.4 Å². The summed E-state index contributed by atoms with van der Waals surface area (Å²) in [5.41, 5.74) is 1.21. The average Bonchev–Trinajstić information content (AvgIpc) is 3.58. The van der Waals surface area contributed by atoms with Gasteiger partial charge in [0.05, 0.1) is 11.1 Å². The Kier molecular flexibility index (Phi) is 6.44. The Labute approximate surface area is 203 Å². The number of carbonyl (C=O) groups excluding carboxylic acids is 3. The molecule has 5 rings (SSSR count). The zero-order chi connectivity index (χ0) is 23.8. The van der Waals surface area contributed by atoms with Gasteiger partial charge in [-0.3, -0.25) is 14.4 Å². The molecular formula is C25H29ClN4O4. The Bertz CT molecular complexity index is 1070. The molecule has 2 saturated heterocycles. The Balaban J connectivity index is 1.39. The third-order valence-electron chi connectivity index (χ3n) is 7.37. The number of hydrogen-bond donors (Lipinski definition) is 1. The summed E-state index contributed by atoms with van der Waals surface area (Å²) in [4.78, 5) is 41.2. The van der Waals surface area contributed by atoms with Gasteiger partial charge in [-0.15, -0.1) is 11.6 Å². The number of aromatic nitrogens is 2. The molecule has 1 unspecified atom stereocenters. The molecule has 8 nitrogen and oxygen atoms in total. The van der Waals surface area contributed by atoms with Crippen molar-refractivity contribution >= 4 is 29.2 Å². The standard InChI is InChI=1S/C25H29ClN4O4/c1-15-6-8-16(9-7-15)21(25(33)29-13-19(26)23-22(29)20(31)14-34-23)28-24(32)17-4-2-5-18(12-17)30-11-3-10-27-30/h2-5,10-12,15-16,19,21-23H,6-9,13-14H2,1H3,(H,28,32)/t15-,16-,19-,21?,22+,23+/m0/s1. The van der Waals surface area contributed by atoms with E-state index in [1.165, 1.54) is 0 Å². The predicted octanol–water partition coefficient (Wildman–Crippen LogP) is 2.58. The van der Waals surface area contributed by atoms with Crippen molar-refractivity contribution in [2.75, 3.05) is 13.2 Å². The molecule has 4 atom stereocenters. The first kappa shape index (κ1) is 23.1. The number of alkyl halides is 1. The van der Waals surface area contributed by atoms with E-state index in [4.69, 9.17) is 16.3 Å². The highest BCUT2D eigenvalue weighted by Gasteiger charge is 2.53. The van der Waals surface area contributed by atoms with Crippen LogP contribution in [-0.2, 0) is 14.3 Å². The zero-order valence-electron chi connectivity index (χ0n) is 19.1. The SMILES string of the molecule is C[C@H]1CC[C@H](C(NC(=O)c2cccc(-n3cccn3)c2)C(=O)N2C[C@H](Cl)[C@H]3OCC(=O)[C@H]32)CC1. The highest BCUT2D eigenvalue weighted by molar-refractivity contribution is 6.22. The fourth-order valence-corrected chi connectivity index (χ4v) is 5.80. The molecule has 2 aromatic rings. The third kappa shape index (κ3) is 4.36. The number of hydrogen-bond acceptors (Lipinski definition) is 5. The maximum Gasteiger partial charge on any atom is 0.252 e. The maximum absolute atomic E-state index is 13.8. The van der Waals surface area contributed by atoms with Crippen LogP contribution in [0, 0.1) is 11.8 Å². The number of halogens is 1. The smallest absolute Gasteiger partial charge is 0.252 e. The third-order valence-corrected chi connectivity index (χ3v) is 7.75. The second-order valence-electron chi connectivity index (χ2n) is 9.67. The van der Waals surface area contributed by atoms with Gasteiger partial charge in [-0.25, -0.2) is 4.68 Å². The van der Waals surface area contributed by atoms with Crippen LogP contribution in [0.1, 0.15) is 43.0 Å². The number of nitrogens with zero attached hydrogens (tertiary/aromatic N) is 3. The molecule has 2 amide bonds. The molecule has 0 bridgehead atoms. The first-order valence-electron chi connectivity index (χ1n) is 11.9. The van der Waals surface area contributed by atoms with E-state index < -0.39 is 23.6 Å². The van der Waals surface area contributed by atoms with Gasteiger partial charge in [-0.1, -0.05) is 25.8 Å². The summed E-state index contributed by atoms with van der Waals surface area (Å²) in [5.74, 6) is -0.0871. The number of carbonyl (C=O) groups is 3. The quantitative estimate of drug-likeness (QED) is 0.658. The molecule has 34 heavy (non-hydrogen) atoms. The van der Waals surface area contributed by atoms with E-state index in [0.29, 0.717) is 11.5 Å². The summed E-state index contributed by atoms with van der Waals surface area (Å²) < 4.78 is 7.23. The largest absolute Gasteiger partial charge is 0.366 e. The molecule has 1 aromatic heterocycles. The Morgan fingerprint density at radius 2 is 2.00 bits per heavy atom. The van der Waals surface area contributed by atoms with Gasteiger partial charge < -0.3 is 15.0 Å². The molecule has 3 heterocycles. The number of benzene rings is 1. The monoisotopic (exact) mass is 484 g/mol. The van der Waals surface area contributed by atoms with E-state index in [1.54, 1.807) is 40.2 Å². The first-order valence-corrected chi connectivity index (χ1v) is 12.4. The minimum atomic E-state index is -0.718. The summed E-state index contributed by atoms with van der Waals surface area (Å²) >= 11 is 6.43. The minimum Gasteiger partial charge on any atom is -0.366 e. The van der Waals surface area contributed by atoms with E-state index >= 15 is 0 Å². The molecule has 180 valence electrons. The normalized spacial score (nSPS) is 29.6. The summed E-state index contributed by atoms with van der Waals surface area (Å²) in [6.45, 7) is 2.43. The molecule has 1 N–H and O–H groups in total. The molecule has 0 spiro atoms. The second kappa shape index (κ2) is 9.50. The van der Waals surface area contributed by atoms with Crippen molar-refractivity contribution in [3.05, 3.63) is 48.3 Å². The number of ketones is 1. The Morgan fingerprint density at radius 1 is 1.21 bits per heavy atom. The lowest BCUT2D eigenvalue weighted by Gasteiger charge is -2.35. The molecule has 3 fully saturated rings. The second-order valence-corrected chi connectivity index (χ2v) is 10.2. The number of amides is 2. The molecule has 1 saturated carbocycles. The molecule has 9 heteroatoms. The van der Waals surface area contributed by atoms with Gasteiger partial charge in [0.25, 0.3) is 5.91 Å². The van der Waals surface area contributed by atoms with Gasteiger partial charge in [0.15, 0.2) is 5.78 Å². The molecule has 3 aliphatic rings. The topological polar surface area (TPSA) is 93.5 Å². The lowest BCUT2D eigenvalue weighted by molar-refractivity contribution is -0.139. The van der Waals surface area contributed by atoms with Crippen molar-refractivity contribution in [3.8, 4) is 5.69 Å². The minimum absolute atomic E-state index is 0.00666. The van der Waals surface area contributed by atoms with E-state index in [2.05, 4.69) is 17.3 Å². The van der Waals surface area contributed by atoms with Crippen molar-refractivity contribution in [1.82, 2.24) is 20.0 Å². The zero-order valence-corrected chi connectivity index (χ0v) is 19.9. The van der Waals surface area contributed by atoms with Crippen LogP contribution in [-0.4, -0.2) is 69.0 Å². The van der Waals surface area contributed by atoms with Gasteiger partial charge in [0.1, 0.15) is 24.8 Å². The number of ether oxygens (including phenoxy) is 1. The van der Waals surface area contributed by atoms with Gasteiger partial charge in [-0.05, 0) is 48.9 Å². The summed E-state index contributed by atoms with van der Waals surface area (Å²) in [6.07, 6.45) is 6.71. The molecule has 2 aliphatic heterocycles. The van der Waals surface area contributed by atoms with Crippen LogP contribution in [0.25, 0.3) is 5.69 Å². The lowest BCUT2D eigenvalue weighted by atomic mass is 9.78. The van der Waals surface area contributed by atoms with Gasteiger partial charge in [0.2, 0.25) is 5.91 Å². The summed E-state index contributed by atoms with van der Waals surface area (Å²) in [6, 6.07) is 7.56. The fraction of sp³-hybridized carbons (Fsp3) is 0.520. The highest BCUT2D eigenvalue weighted by Crippen LogP contribution is 2.35. The van der Waals surface area contributed by atoms with Gasteiger partial charge in [0, 0.05) is 24.5 Å². The van der Waals surface area contributed by atoms with Gasteiger partial charge in [-0.2, -0.15) is 5.10 Å². The molecular weight excluding hydrogens is 456 g/mol.